The molecule has 0 amide bonds. The van der Waals surface area contributed by atoms with Gasteiger partial charge in [-0.15, -0.1) is 0 Å². The van der Waals surface area contributed by atoms with Crippen molar-refractivity contribution in [3.05, 3.63) is 34.4 Å². The molecule has 1 heterocycles. The second-order valence-electron chi connectivity index (χ2n) is 10.9. The van der Waals surface area contributed by atoms with Crippen molar-refractivity contribution >= 4 is 0 Å². The molecule has 0 unspecified atom stereocenters. The lowest BCUT2D eigenvalue weighted by atomic mass is 9.43. The molecular formula is C24H34O5. The summed E-state index contributed by atoms with van der Waals surface area (Å²) in [6.45, 7) is 4.55. The van der Waals surface area contributed by atoms with E-state index in [0.717, 1.165) is 37.7 Å². The highest BCUT2D eigenvalue weighted by atomic mass is 16.4. The van der Waals surface area contributed by atoms with Gasteiger partial charge in [-0.1, -0.05) is 13.8 Å². The Morgan fingerprint density at radius 1 is 0.966 bits per heavy atom. The summed E-state index contributed by atoms with van der Waals surface area (Å²) in [6, 6.07) is 3.29. The molecule has 4 saturated carbocycles. The van der Waals surface area contributed by atoms with Crippen molar-refractivity contribution in [2.45, 2.75) is 83.0 Å². The minimum Gasteiger partial charge on any atom is -0.431 e. The van der Waals surface area contributed by atoms with E-state index in [9.17, 15) is 20.1 Å². The van der Waals surface area contributed by atoms with Gasteiger partial charge < -0.3 is 19.7 Å². The Labute approximate surface area is 172 Å². The standard InChI is InChI=1S/C24H34O5/c1-23-8-7-15(25)9-14(23)4-5-16-21-18(26)10-17(13-3-6-20(28)29-12-13)24(21,2)11-19(27)22(16)23/h3,6,12,14-19,21-22,25-27H,4-5,7-11H2,1-2H3/t14-,15+,16+,17-,18-,19-,21-,22-,23+,24-/m1/s1. The first-order valence-electron chi connectivity index (χ1n) is 11.4. The molecule has 1 aromatic heterocycles. The van der Waals surface area contributed by atoms with Gasteiger partial charge in [-0.05, 0) is 97.0 Å². The molecule has 0 aliphatic heterocycles. The maximum absolute atomic E-state index is 11.5. The molecule has 0 bridgehead atoms. The molecule has 0 spiro atoms. The van der Waals surface area contributed by atoms with Gasteiger partial charge in [0.2, 0.25) is 0 Å². The molecule has 1 aromatic rings. The lowest BCUT2D eigenvalue weighted by molar-refractivity contribution is -0.184. The average Bonchev–Trinajstić information content (AvgIpc) is 2.93. The molecule has 0 radical (unpaired) electrons. The van der Waals surface area contributed by atoms with Crippen LogP contribution in [0.2, 0.25) is 0 Å². The molecule has 5 rings (SSSR count). The Hall–Kier alpha value is -1.17. The third kappa shape index (κ3) is 2.80. The van der Waals surface area contributed by atoms with Crippen LogP contribution in [0.4, 0.5) is 0 Å². The summed E-state index contributed by atoms with van der Waals surface area (Å²) in [6.07, 6.45) is 6.60. The van der Waals surface area contributed by atoms with Gasteiger partial charge in [0.15, 0.2) is 0 Å². The highest BCUT2D eigenvalue weighted by molar-refractivity contribution is 5.25. The first kappa shape index (κ1) is 19.8. The molecular weight excluding hydrogens is 368 g/mol. The van der Waals surface area contributed by atoms with Crippen LogP contribution in [0.5, 0.6) is 0 Å². The quantitative estimate of drug-likeness (QED) is 0.672. The number of hydrogen-bond acceptors (Lipinski definition) is 5. The van der Waals surface area contributed by atoms with Gasteiger partial charge >= 0.3 is 5.63 Å². The number of hydrogen-bond donors (Lipinski definition) is 3. The lowest BCUT2D eigenvalue weighted by Crippen LogP contribution is -2.60. The third-order valence-electron chi connectivity index (χ3n) is 9.68. The third-order valence-corrected chi connectivity index (χ3v) is 9.68. The zero-order valence-corrected chi connectivity index (χ0v) is 17.5. The smallest absolute Gasteiger partial charge is 0.335 e. The van der Waals surface area contributed by atoms with Crippen LogP contribution in [-0.4, -0.2) is 33.6 Å². The monoisotopic (exact) mass is 402 g/mol. The Bertz CT molecular complexity index is 814. The molecule has 5 heteroatoms. The van der Waals surface area contributed by atoms with E-state index in [1.54, 1.807) is 6.26 Å². The van der Waals surface area contributed by atoms with Gasteiger partial charge in [-0.2, -0.15) is 0 Å². The van der Waals surface area contributed by atoms with Crippen LogP contribution in [0.15, 0.2) is 27.6 Å². The van der Waals surface area contributed by atoms with Crippen molar-refractivity contribution in [2.24, 2.45) is 34.5 Å². The molecule has 29 heavy (non-hydrogen) atoms. The number of aliphatic hydroxyl groups excluding tert-OH is 3. The van der Waals surface area contributed by atoms with Gasteiger partial charge in [0.05, 0.1) is 24.6 Å². The van der Waals surface area contributed by atoms with Crippen molar-refractivity contribution in [3.8, 4) is 0 Å². The van der Waals surface area contributed by atoms with Crippen LogP contribution < -0.4 is 5.63 Å². The Morgan fingerprint density at radius 3 is 2.45 bits per heavy atom. The summed E-state index contributed by atoms with van der Waals surface area (Å²) in [5.41, 5.74) is 0.431. The van der Waals surface area contributed by atoms with Crippen molar-refractivity contribution in [2.75, 3.05) is 0 Å². The average molecular weight is 403 g/mol. The number of aliphatic hydroxyl groups is 3. The Kier molecular flexibility index (Phi) is 4.54. The van der Waals surface area contributed by atoms with E-state index in [-0.39, 0.29) is 40.3 Å². The molecule has 160 valence electrons. The molecule has 4 aliphatic carbocycles. The lowest BCUT2D eigenvalue weighted by Gasteiger charge is -2.62. The Balaban J connectivity index is 1.51. The molecule has 0 saturated heterocycles. The molecule has 4 aliphatic rings. The predicted molar refractivity (Wildman–Crippen MR) is 108 cm³/mol. The van der Waals surface area contributed by atoms with Gasteiger partial charge in [0, 0.05) is 6.07 Å². The SMILES string of the molecule is C[C@]12CC[C@H](O)C[C@H]1CC[C@@H]1[C@@H]2[C@H](O)C[C@@]2(C)[C@H]1[C@H](O)C[C@@H]2c1ccc(=O)oc1. The van der Waals surface area contributed by atoms with Crippen LogP contribution in [0.25, 0.3) is 0 Å². The normalized spacial score (nSPS) is 51.8. The van der Waals surface area contributed by atoms with Crippen molar-refractivity contribution in [3.63, 3.8) is 0 Å². The zero-order chi connectivity index (χ0) is 20.6. The number of rotatable bonds is 1. The second kappa shape index (κ2) is 6.66. The largest absolute Gasteiger partial charge is 0.431 e. The molecule has 5 nitrogen and oxygen atoms in total. The highest BCUT2D eigenvalue weighted by Gasteiger charge is 2.65. The summed E-state index contributed by atoms with van der Waals surface area (Å²) in [5, 5.41) is 32.9. The van der Waals surface area contributed by atoms with Crippen molar-refractivity contribution in [1.82, 2.24) is 0 Å². The molecule has 4 fully saturated rings. The van der Waals surface area contributed by atoms with E-state index in [2.05, 4.69) is 13.8 Å². The number of fused-ring (bicyclic) bond motifs is 5. The Morgan fingerprint density at radius 2 is 1.72 bits per heavy atom. The summed E-state index contributed by atoms with van der Waals surface area (Å²) < 4.78 is 5.14. The van der Waals surface area contributed by atoms with E-state index in [0.29, 0.717) is 24.7 Å². The first-order valence-corrected chi connectivity index (χ1v) is 11.4. The van der Waals surface area contributed by atoms with Gasteiger partial charge in [0.1, 0.15) is 0 Å². The maximum Gasteiger partial charge on any atom is 0.335 e. The van der Waals surface area contributed by atoms with E-state index < -0.39 is 12.2 Å². The van der Waals surface area contributed by atoms with Gasteiger partial charge in [-0.25, -0.2) is 4.79 Å². The predicted octanol–water partition coefficient (Wildman–Crippen LogP) is 3.07. The van der Waals surface area contributed by atoms with E-state index in [1.165, 1.54) is 6.07 Å². The summed E-state index contributed by atoms with van der Waals surface area (Å²) in [5.74, 6) is 1.19. The molecule has 0 aromatic carbocycles. The summed E-state index contributed by atoms with van der Waals surface area (Å²) >= 11 is 0. The molecule has 10 atom stereocenters. The minimum absolute atomic E-state index is 0.0419. The van der Waals surface area contributed by atoms with E-state index >= 15 is 0 Å². The van der Waals surface area contributed by atoms with Crippen LogP contribution in [0.1, 0.15) is 70.3 Å². The first-order chi connectivity index (χ1) is 13.7. The zero-order valence-electron chi connectivity index (χ0n) is 17.5. The fourth-order valence-corrected chi connectivity index (χ4v) is 8.52. The fraction of sp³-hybridized carbons (Fsp3) is 0.792. The minimum atomic E-state index is -0.397. The summed E-state index contributed by atoms with van der Waals surface area (Å²) in [4.78, 5) is 11.4. The van der Waals surface area contributed by atoms with Gasteiger partial charge in [-0.3, -0.25) is 0 Å². The van der Waals surface area contributed by atoms with Crippen LogP contribution in [-0.2, 0) is 0 Å². The van der Waals surface area contributed by atoms with Crippen molar-refractivity contribution in [1.29, 1.82) is 0 Å². The van der Waals surface area contributed by atoms with Gasteiger partial charge in [0.25, 0.3) is 0 Å². The molecule has 3 N–H and O–H groups in total. The van der Waals surface area contributed by atoms with Crippen molar-refractivity contribution < 1.29 is 19.7 Å². The summed E-state index contributed by atoms with van der Waals surface area (Å²) in [7, 11) is 0. The highest BCUT2D eigenvalue weighted by Crippen LogP contribution is 2.68. The second-order valence-corrected chi connectivity index (χ2v) is 10.9. The van der Waals surface area contributed by atoms with Crippen LogP contribution in [0, 0.1) is 34.5 Å². The van der Waals surface area contributed by atoms with E-state index in [4.69, 9.17) is 4.42 Å². The van der Waals surface area contributed by atoms with Crippen LogP contribution in [0.3, 0.4) is 0 Å². The van der Waals surface area contributed by atoms with E-state index in [1.807, 2.05) is 6.07 Å². The van der Waals surface area contributed by atoms with Crippen LogP contribution >= 0.6 is 0 Å². The topological polar surface area (TPSA) is 90.9 Å². The maximum atomic E-state index is 11.5. The fourth-order valence-electron chi connectivity index (χ4n) is 8.52.